The Labute approximate surface area is 340 Å². The Kier molecular flexibility index (Phi) is 8.28. The Morgan fingerprint density at radius 1 is 0.263 bits per heavy atom. The van der Waals surface area contributed by atoms with Crippen LogP contribution in [0.2, 0.25) is 0 Å². The highest BCUT2D eigenvalue weighted by Crippen LogP contribution is 2.47. The van der Waals surface area contributed by atoms with Gasteiger partial charge in [0.2, 0.25) is 0 Å². The molecule has 0 aliphatic carbocycles. The van der Waals surface area contributed by atoms with Crippen LogP contribution in [0.15, 0.2) is 212 Å². The van der Waals surface area contributed by atoms with Crippen molar-refractivity contribution in [1.82, 2.24) is 0 Å². The lowest BCUT2D eigenvalue weighted by Crippen LogP contribution is -2.09. The number of nitrogens with zero attached hydrogens (tertiary/aromatic N) is 1. The van der Waals surface area contributed by atoms with E-state index in [9.17, 15) is 0 Å². The first-order chi connectivity index (χ1) is 28.3. The lowest BCUT2D eigenvalue weighted by molar-refractivity contribution is 1.28. The standard InChI is InChI=1S/C54H35NS2/c1-3-12-36(13-4-1)37-22-28-41(29-23-37)55(42-30-24-39(25-31-42)45-17-8-7-16-44(45)38-14-5-2-6-15-38)43-32-26-40(27-33-43)46-19-11-21-50-52(46)53-51(56-50)35-34-48-47-18-9-10-20-49(47)57-54(48)53/h1-35H. The Bertz CT molecular complexity index is 3200. The Hall–Kier alpha value is -6.78. The highest BCUT2D eigenvalue weighted by Gasteiger charge is 2.18. The van der Waals surface area contributed by atoms with Gasteiger partial charge in [0, 0.05) is 57.4 Å². The van der Waals surface area contributed by atoms with Crippen molar-refractivity contribution in [3.63, 3.8) is 0 Å². The van der Waals surface area contributed by atoms with E-state index in [1.54, 1.807) is 0 Å². The minimum absolute atomic E-state index is 1.11. The van der Waals surface area contributed by atoms with Gasteiger partial charge in [-0.15, -0.1) is 22.7 Å². The van der Waals surface area contributed by atoms with E-state index in [1.807, 2.05) is 22.7 Å². The number of rotatable bonds is 7. The van der Waals surface area contributed by atoms with Crippen LogP contribution in [0.1, 0.15) is 0 Å². The molecule has 1 nitrogen and oxygen atoms in total. The first-order valence-electron chi connectivity index (χ1n) is 19.3. The number of fused-ring (bicyclic) bond motifs is 7. The molecule has 0 radical (unpaired) electrons. The second kappa shape index (κ2) is 14.1. The second-order valence-electron chi connectivity index (χ2n) is 14.4. The predicted molar refractivity (Wildman–Crippen MR) is 249 cm³/mol. The fraction of sp³-hybridized carbons (Fsp3) is 0. The van der Waals surface area contributed by atoms with Gasteiger partial charge in [0.25, 0.3) is 0 Å². The highest BCUT2D eigenvalue weighted by atomic mass is 32.1. The molecule has 0 fully saturated rings. The third-order valence-corrected chi connectivity index (χ3v) is 13.4. The van der Waals surface area contributed by atoms with Gasteiger partial charge in [-0.1, -0.05) is 158 Å². The normalized spacial score (nSPS) is 11.5. The van der Waals surface area contributed by atoms with Gasteiger partial charge in [0.15, 0.2) is 0 Å². The van der Waals surface area contributed by atoms with Crippen LogP contribution in [-0.2, 0) is 0 Å². The molecular formula is C54H35NS2. The van der Waals surface area contributed by atoms with Crippen molar-refractivity contribution in [3.8, 4) is 44.5 Å². The molecule has 2 aromatic heterocycles. The minimum Gasteiger partial charge on any atom is -0.311 e. The van der Waals surface area contributed by atoms with Crippen LogP contribution in [0.5, 0.6) is 0 Å². The fourth-order valence-corrected chi connectivity index (χ4v) is 10.9. The molecule has 0 bridgehead atoms. The first kappa shape index (κ1) is 33.5. The maximum atomic E-state index is 2.37. The number of benzene rings is 9. The van der Waals surface area contributed by atoms with Crippen LogP contribution in [0.4, 0.5) is 17.1 Å². The summed E-state index contributed by atoms with van der Waals surface area (Å²) in [5.41, 5.74) is 13.1. The molecule has 0 amide bonds. The SMILES string of the molecule is c1ccc(-c2ccc(N(c3ccc(-c4ccccc4-c4ccccc4)cc3)c3ccc(-c4cccc5sc6ccc7c8ccccc8sc7c6c45)cc3)cc2)cc1. The third kappa shape index (κ3) is 5.91. The molecule has 2 heterocycles. The first-order valence-corrected chi connectivity index (χ1v) is 21.0. The predicted octanol–water partition coefficient (Wildman–Crippen LogP) is 16.6. The van der Waals surface area contributed by atoms with Crippen LogP contribution >= 0.6 is 22.7 Å². The monoisotopic (exact) mass is 761 g/mol. The molecule has 0 spiro atoms. The zero-order chi connectivity index (χ0) is 37.7. The van der Waals surface area contributed by atoms with Crippen molar-refractivity contribution in [3.05, 3.63) is 212 Å². The van der Waals surface area contributed by atoms with E-state index >= 15 is 0 Å². The summed E-state index contributed by atoms with van der Waals surface area (Å²) in [5.74, 6) is 0. The van der Waals surface area contributed by atoms with Crippen LogP contribution in [0.25, 0.3) is 84.9 Å². The van der Waals surface area contributed by atoms with E-state index in [1.165, 1.54) is 84.9 Å². The van der Waals surface area contributed by atoms with E-state index in [-0.39, 0.29) is 0 Å². The molecule has 0 saturated carbocycles. The summed E-state index contributed by atoms with van der Waals surface area (Å²) in [5, 5.41) is 5.41. The zero-order valence-electron chi connectivity index (χ0n) is 31.0. The number of anilines is 3. The van der Waals surface area contributed by atoms with Crippen LogP contribution < -0.4 is 4.90 Å². The van der Waals surface area contributed by atoms with Gasteiger partial charge in [-0.2, -0.15) is 0 Å². The number of hydrogen-bond donors (Lipinski definition) is 0. The molecule has 9 aromatic carbocycles. The molecule has 0 N–H and O–H groups in total. The van der Waals surface area contributed by atoms with Gasteiger partial charge < -0.3 is 4.90 Å². The van der Waals surface area contributed by atoms with E-state index in [2.05, 4.69) is 217 Å². The molecule has 11 rings (SSSR count). The summed E-state index contributed by atoms with van der Waals surface area (Å²) >= 11 is 3.81. The average molecular weight is 762 g/mol. The molecule has 268 valence electrons. The summed E-state index contributed by atoms with van der Waals surface area (Å²) in [4.78, 5) is 2.37. The van der Waals surface area contributed by atoms with Crippen molar-refractivity contribution in [2.24, 2.45) is 0 Å². The molecular weight excluding hydrogens is 727 g/mol. The maximum absolute atomic E-state index is 2.37. The highest BCUT2D eigenvalue weighted by molar-refractivity contribution is 7.29. The van der Waals surface area contributed by atoms with Crippen molar-refractivity contribution in [1.29, 1.82) is 0 Å². The van der Waals surface area contributed by atoms with Crippen molar-refractivity contribution >= 4 is 80.1 Å². The van der Waals surface area contributed by atoms with Gasteiger partial charge in [-0.3, -0.25) is 0 Å². The Morgan fingerprint density at radius 2 is 0.719 bits per heavy atom. The van der Waals surface area contributed by atoms with Crippen LogP contribution in [0.3, 0.4) is 0 Å². The lowest BCUT2D eigenvalue weighted by atomic mass is 9.94. The topological polar surface area (TPSA) is 3.24 Å². The van der Waals surface area contributed by atoms with Crippen LogP contribution in [-0.4, -0.2) is 0 Å². The van der Waals surface area contributed by atoms with Crippen molar-refractivity contribution in [2.75, 3.05) is 4.90 Å². The van der Waals surface area contributed by atoms with Crippen molar-refractivity contribution in [2.45, 2.75) is 0 Å². The summed E-state index contributed by atoms with van der Waals surface area (Å²) in [6.07, 6.45) is 0. The van der Waals surface area contributed by atoms with E-state index in [0.29, 0.717) is 0 Å². The summed E-state index contributed by atoms with van der Waals surface area (Å²) < 4.78 is 5.38. The summed E-state index contributed by atoms with van der Waals surface area (Å²) in [6.45, 7) is 0. The number of thiophene rings is 2. The van der Waals surface area contributed by atoms with E-state index < -0.39 is 0 Å². The Balaban J connectivity index is 1.01. The quantitative estimate of drug-likeness (QED) is 0.156. The molecule has 0 aliphatic heterocycles. The number of hydrogen-bond acceptors (Lipinski definition) is 3. The molecule has 0 unspecified atom stereocenters. The van der Waals surface area contributed by atoms with E-state index in [4.69, 9.17) is 0 Å². The van der Waals surface area contributed by atoms with Gasteiger partial charge in [0.1, 0.15) is 0 Å². The molecule has 57 heavy (non-hydrogen) atoms. The summed E-state index contributed by atoms with van der Waals surface area (Å²) in [6, 6.07) is 77.3. The van der Waals surface area contributed by atoms with Gasteiger partial charge >= 0.3 is 0 Å². The maximum Gasteiger partial charge on any atom is 0.0462 e. The summed E-state index contributed by atoms with van der Waals surface area (Å²) in [7, 11) is 0. The molecule has 0 aliphatic rings. The molecule has 11 aromatic rings. The zero-order valence-corrected chi connectivity index (χ0v) is 32.6. The van der Waals surface area contributed by atoms with Crippen LogP contribution in [0, 0.1) is 0 Å². The van der Waals surface area contributed by atoms with E-state index in [0.717, 1.165) is 17.1 Å². The Morgan fingerprint density at radius 3 is 1.37 bits per heavy atom. The molecule has 0 atom stereocenters. The largest absolute Gasteiger partial charge is 0.311 e. The van der Waals surface area contributed by atoms with Gasteiger partial charge in [-0.05, 0) is 99.1 Å². The molecule has 3 heteroatoms. The molecule has 0 saturated heterocycles. The smallest absolute Gasteiger partial charge is 0.0462 e. The lowest BCUT2D eigenvalue weighted by Gasteiger charge is -2.26. The third-order valence-electron chi connectivity index (χ3n) is 11.1. The van der Waals surface area contributed by atoms with Gasteiger partial charge in [0.05, 0.1) is 0 Å². The van der Waals surface area contributed by atoms with Gasteiger partial charge in [-0.25, -0.2) is 0 Å². The second-order valence-corrected chi connectivity index (χ2v) is 16.6. The van der Waals surface area contributed by atoms with Crippen molar-refractivity contribution < 1.29 is 0 Å². The average Bonchev–Trinajstić information content (AvgIpc) is 3.87. The minimum atomic E-state index is 1.11. The fourth-order valence-electron chi connectivity index (χ4n) is 8.39.